The first-order chi connectivity index (χ1) is 8.26. The summed E-state index contributed by atoms with van der Waals surface area (Å²) in [5, 5.41) is 9.99. The fourth-order valence-electron chi connectivity index (χ4n) is 1.61. The highest BCUT2D eigenvalue weighted by molar-refractivity contribution is 5.87. The van der Waals surface area contributed by atoms with Gasteiger partial charge in [-0.05, 0) is 25.5 Å². The zero-order valence-electron chi connectivity index (χ0n) is 9.97. The third kappa shape index (κ3) is 2.21. The summed E-state index contributed by atoms with van der Waals surface area (Å²) in [6.45, 7) is 4.05. The Morgan fingerprint density at radius 3 is 2.88 bits per heavy atom. The molecule has 0 N–H and O–H groups in total. The van der Waals surface area contributed by atoms with Crippen LogP contribution in [0.25, 0.3) is 10.9 Å². The fraction of sp³-hybridized carbons (Fsp3) is 0.286. The molecule has 0 saturated heterocycles. The van der Waals surface area contributed by atoms with E-state index in [2.05, 4.69) is 18.0 Å². The van der Waals surface area contributed by atoms with Crippen molar-refractivity contribution in [2.45, 2.75) is 26.4 Å². The molecule has 0 aliphatic heterocycles. The minimum Gasteiger partial charge on any atom is -0.489 e. The van der Waals surface area contributed by atoms with Crippen LogP contribution in [0.4, 0.5) is 0 Å². The smallest absolute Gasteiger partial charge is 0.148 e. The van der Waals surface area contributed by atoms with Crippen LogP contribution in [-0.2, 0) is 0 Å². The Labute approximate surface area is 101 Å². The fourth-order valence-corrected chi connectivity index (χ4v) is 1.61. The number of nitriles is 1. The van der Waals surface area contributed by atoms with E-state index in [1.807, 2.05) is 31.2 Å². The number of para-hydroxylation sites is 1. The molecule has 0 fully saturated rings. The van der Waals surface area contributed by atoms with Crippen LogP contribution >= 0.6 is 0 Å². The van der Waals surface area contributed by atoms with Gasteiger partial charge in [0.25, 0.3) is 0 Å². The van der Waals surface area contributed by atoms with Gasteiger partial charge < -0.3 is 4.74 Å². The largest absolute Gasteiger partial charge is 0.489 e. The molecule has 1 unspecified atom stereocenters. The molecule has 1 atom stereocenters. The summed E-state index contributed by atoms with van der Waals surface area (Å²) < 4.78 is 5.84. The van der Waals surface area contributed by atoms with Gasteiger partial charge in [0.2, 0.25) is 0 Å². The summed E-state index contributed by atoms with van der Waals surface area (Å²) in [5.41, 5.74) is 1.34. The number of hydrogen-bond donors (Lipinski definition) is 0. The third-order valence-corrected chi connectivity index (χ3v) is 2.74. The van der Waals surface area contributed by atoms with Gasteiger partial charge in [-0.15, -0.1) is 0 Å². The van der Waals surface area contributed by atoms with E-state index in [9.17, 15) is 0 Å². The molecular formula is C14H14N2O. The predicted octanol–water partition coefficient (Wildman–Crippen LogP) is 3.28. The molecule has 0 radical (unpaired) electrons. The Balaban J connectivity index is 2.60. The lowest BCUT2D eigenvalue weighted by atomic mass is 10.1. The van der Waals surface area contributed by atoms with Crippen molar-refractivity contribution < 1.29 is 4.74 Å². The van der Waals surface area contributed by atoms with Crippen LogP contribution in [0, 0.1) is 11.3 Å². The number of nitrogens with zero attached hydrogens (tertiary/aromatic N) is 2. The molecule has 1 aromatic heterocycles. The first kappa shape index (κ1) is 11.4. The first-order valence-electron chi connectivity index (χ1n) is 5.70. The highest BCUT2D eigenvalue weighted by atomic mass is 16.5. The van der Waals surface area contributed by atoms with Crippen molar-refractivity contribution in [2.24, 2.45) is 0 Å². The van der Waals surface area contributed by atoms with Gasteiger partial charge in [-0.1, -0.05) is 19.1 Å². The molecule has 0 aliphatic rings. The summed E-state index contributed by atoms with van der Waals surface area (Å²) in [5.74, 6) is 0.646. The minimum absolute atomic E-state index is 0.0907. The first-order valence-corrected chi connectivity index (χ1v) is 5.70. The van der Waals surface area contributed by atoms with E-state index >= 15 is 0 Å². The second-order valence-corrected chi connectivity index (χ2v) is 3.97. The zero-order valence-corrected chi connectivity index (χ0v) is 9.97. The van der Waals surface area contributed by atoms with Crippen LogP contribution in [0.5, 0.6) is 5.75 Å². The normalized spacial score (nSPS) is 12.1. The Morgan fingerprint density at radius 2 is 2.18 bits per heavy atom. The Bertz CT molecular complexity index is 572. The van der Waals surface area contributed by atoms with E-state index in [1.165, 1.54) is 0 Å². The second-order valence-electron chi connectivity index (χ2n) is 3.97. The van der Waals surface area contributed by atoms with Gasteiger partial charge in [-0.25, -0.2) is 0 Å². The van der Waals surface area contributed by atoms with Gasteiger partial charge >= 0.3 is 0 Å². The van der Waals surface area contributed by atoms with Crippen molar-refractivity contribution >= 4 is 10.9 Å². The summed E-state index contributed by atoms with van der Waals surface area (Å²) in [6, 6.07) is 9.83. The van der Waals surface area contributed by atoms with Crippen LogP contribution < -0.4 is 4.74 Å². The van der Waals surface area contributed by atoms with Crippen LogP contribution in [0.3, 0.4) is 0 Å². The quantitative estimate of drug-likeness (QED) is 0.806. The average Bonchev–Trinajstić information content (AvgIpc) is 2.39. The number of ether oxygens (including phenoxy) is 1. The van der Waals surface area contributed by atoms with Crippen molar-refractivity contribution in [3.8, 4) is 11.8 Å². The molecule has 86 valence electrons. The summed E-state index contributed by atoms with van der Waals surface area (Å²) >= 11 is 0. The zero-order chi connectivity index (χ0) is 12.3. The lowest BCUT2D eigenvalue weighted by Crippen LogP contribution is -2.11. The molecule has 0 saturated carbocycles. The molecule has 0 amide bonds. The summed E-state index contributed by atoms with van der Waals surface area (Å²) in [4.78, 5) is 4.24. The van der Waals surface area contributed by atoms with Gasteiger partial charge in [-0.3, -0.25) is 4.98 Å². The van der Waals surface area contributed by atoms with Gasteiger partial charge in [0.1, 0.15) is 17.4 Å². The van der Waals surface area contributed by atoms with Crippen LogP contribution in [0.15, 0.2) is 30.5 Å². The maximum Gasteiger partial charge on any atom is 0.148 e. The van der Waals surface area contributed by atoms with E-state index < -0.39 is 0 Å². The monoisotopic (exact) mass is 226 g/mol. The van der Waals surface area contributed by atoms with Gasteiger partial charge in [0.15, 0.2) is 0 Å². The van der Waals surface area contributed by atoms with Crippen LogP contribution in [0.1, 0.15) is 25.8 Å². The standard InChI is InChI=1S/C14H14N2O/c1-3-10(2)17-14-11(8-15)9-16-13-7-5-4-6-12(13)14/h4-7,9-10H,3H2,1-2H3. The third-order valence-electron chi connectivity index (χ3n) is 2.74. The molecule has 3 heteroatoms. The molecule has 0 aliphatic carbocycles. The van der Waals surface area contributed by atoms with Crippen LogP contribution in [0.2, 0.25) is 0 Å². The Kier molecular flexibility index (Phi) is 3.24. The summed E-state index contributed by atoms with van der Waals surface area (Å²) in [6.07, 6.45) is 2.56. The van der Waals surface area contributed by atoms with Gasteiger partial charge in [0, 0.05) is 11.6 Å². The SMILES string of the molecule is CCC(C)Oc1c(C#N)cnc2ccccc12. The highest BCUT2D eigenvalue weighted by Crippen LogP contribution is 2.28. The molecule has 17 heavy (non-hydrogen) atoms. The number of pyridine rings is 1. The molecule has 2 aromatic rings. The molecule has 1 aromatic carbocycles. The number of aromatic nitrogens is 1. The maximum atomic E-state index is 9.09. The topological polar surface area (TPSA) is 45.9 Å². The van der Waals surface area contributed by atoms with Gasteiger partial charge in [-0.2, -0.15) is 5.26 Å². The highest BCUT2D eigenvalue weighted by Gasteiger charge is 2.12. The lowest BCUT2D eigenvalue weighted by molar-refractivity contribution is 0.219. The van der Waals surface area contributed by atoms with Gasteiger partial charge in [0.05, 0.1) is 11.6 Å². The van der Waals surface area contributed by atoms with Crippen molar-refractivity contribution in [3.63, 3.8) is 0 Å². The lowest BCUT2D eigenvalue weighted by Gasteiger charge is -2.15. The molecule has 2 rings (SSSR count). The molecule has 1 heterocycles. The van der Waals surface area contributed by atoms with Crippen molar-refractivity contribution in [1.29, 1.82) is 5.26 Å². The summed E-state index contributed by atoms with van der Waals surface area (Å²) in [7, 11) is 0. The van der Waals surface area contributed by atoms with Crippen molar-refractivity contribution in [2.75, 3.05) is 0 Å². The van der Waals surface area contributed by atoms with E-state index in [1.54, 1.807) is 6.20 Å². The number of rotatable bonds is 3. The van der Waals surface area contributed by atoms with E-state index in [4.69, 9.17) is 10.00 Å². The average molecular weight is 226 g/mol. The number of hydrogen-bond acceptors (Lipinski definition) is 3. The van der Waals surface area contributed by atoms with E-state index in [0.717, 1.165) is 17.3 Å². The molecule has 3 nitrogen and oxygen atoms in total. The van der Waals surface area contributed by atoms with Crippen molar-refractivity contribution in [1.82, 2.24) is 4.98 Å². The molecular weight excluding hydrogens is 212 g/mol. The van der Waals surface area contributed by atoms with E-state index in [0.29, 0.717) is 11.3 Å². The molecule has 0 spiro atoms. The maximum absolute atomic E-state index is 9.09. The minimum atomic E-state index is 0.0907. The predicted molar refractivity (Wildman–Crippen MR) is 66.8 cm³/mol. The Morgan fingerprint density at radius 1 is 1.41 bits per heavy atom. The van der Waals surface area contributed by atoms with Crippen LogP contribution in [-0.4, -0.2) is 11.1 Å². The molecule has 0 bridgehead atoms. The van der Waals surface area contributed by atoms with Crippen molar-refractivity contribution in [3.05, 3.63) is 36.0 Å². The number of fused-ring (bicyclic) bond motifs is 1. The van der Waals surface area contributed by atoms with E-state index in [-0.39, 0.29) is 6.10 Å². The number of benzene rings is 1. The second kappa shape index (κ2) is 4.84. The Hall–Kier alpha value is -2.08.